The second-order valence-corrected chi connectivity index (χ2v) is 13.1. The van der Waals surface area contributed by atoms with Gasteiger partial charge in [-0.3, -0.25) is 13.9 Å². The summed E-state index contributed by atoms with van der Waals surface area (Å²) in [6.45, 7) is 5.22. The summed E-state index contributed by atoms with van der Waals surface area (Å²) in [6.07, 6.45) is 5.14. The van der Waals surface area contributed by atoms with Crippen LogP contribution in [0.4, 0.5) is 5.69 Å². The second-order valence-electron chi connectivity index (χ2n) is 10.8. The summed E-state index contributed by atoms with van der Waals surface area (Å²) in [5.41, 5.74) is 3.10. The lowest BCUT2D eigenvalue weighted by molar-refractivity contribution is -0.139. The molecule has 0 saturated heterocycles. The van der Waals surface area contributed by atoms with Crippen LogP contribution in [0.5, 0.6) is 0 Å². The van der Waals surface area contributed by atoms with Crippen LogP contribution in [0.15, 0.2) is 77.7 Å². The Balaban J connectivity index is 1.67. The summed E-state index contributed by atoms with van der Waals surface area (Å²) < 4.78 is 28.9. The molecular formula is C32H38ClN3O4S. The molecule has 41 heavy (non-hydrogen) atoms. The topological polar surface area (TPSA) is 86.8 Å². The largest absolute Gasteiger partial charge is 0.352 e. The molecule has 3 aromatic carbocycles. The molecule has 1 aliphatic rings. The Bertz CT molecular complexity index is 1450. The third-order valence-corrected chi connectivity index (χ3v) is 9.60. The Morgan fingerprint density at radius 3 is 2.22 bits per heavy atom. The number of halogens is 1. The van der Waals surface area contributed by atoms with Crippen LogP contribution in [-0.2, 0) is 26.2 Å². The minimum absolute atomic E-state index is 0.0687. The molecule has 1 aliphatic carbocycles. The van der Waals surface area contributed by atoms with Crippen LogP contribution < -0.4 is 9.62 Å². The number of rotatable bonds is 10. The lowest BCUT2D eigenvalue weighted by Crippen LogP contribution is -2.53. The molecule has 9 heteroatoms. The highest BCUT2D eigenvalue weighted by Crippen LogP contribution is 2.26. The molecule has 1 saturated carbocycles. The summed E-state index contributed by atoms with van der Waals surface area (Å²) in [5.74, 6) is -0.722. The predicted octanol–water partition coefficient (Wildman–Crippen LogP) is 6.02. The average Bonchev–Trinajstić information content (AvgIpc) is 2.95. The number of nitrogens with one attached hydrogen (secondary N) is 1. The summed E-state index contributed by atoms with van der Waals surface area (Å²) >= 11 is 6.09. The van der Waals surface area contributed by atoms with Crippen molar-refractivity contribution in [3.63, 3.8) is 0 Å². The van der Waals surface area contributed by atoms with Crippen molar-refractivity contribution in [1.82, 2.24) is 10.2 Å². The standard InChI is InChI=1S/C32H38ClN3O4S/c1-23-12-18-30(19-13-23)41(39,40)36(29-16-14-27(33)15-17-29)22-31(37)35(21-26-9-7-8-24(2)20-26)25(3)32(38)34-28-10-5-4-6-11-28/h7-9,12-20,25,28H,4-6,10-11,21-22H2,1-3H3,(H,34,38)/t25-/m1/s1. The number of aryl methyl sites for hydroxylation is 2. The number of nitrogens with zero attached hydrogens (tertiary/aromatic N) is 2. The molecule has 2 amide bonds. The van der Waals surface area contributed by atoms with E-state index in [4.69, 9.17) is 11.6 Å². The minimum atomic E-state index is -4.12. The predicted molar refractivity (Wildman–Crippen MR) is 163 cm³/mol. The maximum atomic E-state index is 14.1. The zero-order valence-corrected chi connectivity index (χ0v) is 25.4. The van der Waals surface area contributed by atoms with Crippen molar-refractivity contribution in [3.8, 4) is 0 Å². The normalized spacial score (nSPS) is 14.7. The molecule has 0 aromatic heterocycles. The Morgan fingerprint density at radius 1 is 0.927 bits per heavy atom. The molecule has 0 heterocycles. The van der Waals surface area contributed by atoms with E-state index in [0.717, 1.165) is 53.1 Å². The van der Waals surface area contributed by atoms with Gasteiger partial charge < -0.3 is 10.2 Å². The first-order chi connectivity index (χ1) is 19.5. The van der Waals surface area contributed by atoms with Crippen LogP contribution in [0.2, 0.25) is 5.02 Å². The molecule has 218 valence electrons. The molecule has 0 radical (unpaired) electrons. The van der Waals surface area contributed by atoms with Crippen molar-refractivity contribution < 1.29 is 18.0 Å². The third-order valence-electron chi connectivity index (χ3n) is 7.56. The third kappa shape index (κ3) is 7.89. The van der Waals surface area contributed by atoms with Gasteiger partial charge in [-0.1, -0.05) is 78.4 Å². The molecule has 0 unspecified atom stereocenters. The van der Waals surface area contributed by atoms with E-state index in [1.165, 1.54) is 17.0 Å². The molecule has 1 atom stereocenters. The van der Waals surface area contributed by atoms with Gasteiger partial charge in [0.2, 0.25) is 11.8 Å². The molecule has 0 spiro atoms. The highest BCUT2D eigenvalue weighted by Gasteiger charge is 2.33. The first kappa shape index (κ1) is 30.6. The van der Waals surface area contributed by atoms with Gasteiger partial charge in [0.05, 0.1) is 10.6 Å². The molecule has 3 aromatic rings. The van der Waals surface area contributed by atoms with Gasteiger partial charge in [0.15, 0.2) is 0 Å². The Labute approximate surface area is 248 Å². The lowest BCUT2D eigenvalue weighted by Gasteiger charge is -2.33. The number of benzene rings is 3. The van der Waals surface area contributed by atoms with Gasteiger partial charge in [-0.15, -0.1) is 0 Å². The fraction of sp³-hybridized carbons (Fsp3) is 0.375. The van der Waals surface area contributed by atoms with Gasteiger partial charge >= 0.3 is 0 Å². The molecule has 0 aliphatic heterocycles. The van der Waals surface area contributed by atoms with E-state index < -0.39 is 28.5 Å². The van der Waals surface area contributed by atoms with Gasteiger partial charge in [0.1, 0.15) is 12.6 Å². The van der Waals surface area contributed by atoms with Crippen molar-refractivity contribution in [1.29, 1.82) is 0 Å². The van der Waals surface area contributed by atoms with Crippen molar-refractivity contribution in [2.24, 2.45) is 0 Å². The van der Waals surface area contributed by atoms with E-state index in [0.29, 0.717) is 10.7 Å². The summed E-state index contributed by atoms with van der Waals surface area (Å²) in [5, 5.41) is 3.57. The van der Waals surface area contributed by atoms with Gasteiger partial charge in [-0.2, -0.15) is 0 Å². The molecule has 4 rings (SSSR count). The molecule has 1 fully saturated rings. The quantitative estimate of drug-likeness (QED) is 0.311. The fourth-order valence-electron chi connectivity index (χ4n) is 5.13. The maximum absolute atomic E-state index is 14.1. The smallest absolute Gasteiger partial charge is 0.264 e. The monoisotopic (exact) mass is 595 g/mol. The summed E-state index contributed by atoms with van der Waals surface area (Å²) in [7, 11) is -4.12. The van der Waals surface area contributed by atoms with E-state index in [9.17, 15) is 18.0 Å². The van der Waals surface area contributed by atoms with Gasteiger partial charge in [-0.05, 0) is 75.6 Å². The van der Waals surface area contributed by atoms with E-state index in [1.54, 1.807) is 43.3 Å². The number of carbonyl (C=O) groups excluding carboxylic acids is 2. The van der Waals surface area contributed by atoms with Crippen LogP contribution >= 0.6 is 11.6 Å². The van der Waals surface area contributed by atoms with E-state index >= 15 is 0 Å². The van der Waals surface area contributed by atoms with E-state index in [-0.39, 0.29) is 23.4 Å². The SMILES string of the molecule is Cc1ccc(S(=O)(=O)N(CC(=O)N(Cc2cccc(C)c2)[C@H](C)C(=O)NC2CCCCC2)c2ccc(Cl)cc2)cc1. The lowest BCUT2D eigenvalue weighted by atomic mass is 9.95. The van der Waals surface area contributed by atoms with E-state index in [1.807, 2.05) is 38.1 Å². The number of sulfonamides is 1. The highest BCUT2D eigenvalue weighted by atomic mass is 35.5. The van der Waals surface area contributed by atoms with Crippen LogP contribution in [-0.4, -0.2) is 43.8 Å². The fourth-order valence-corrected chi connectivity index (χ4v) is 6.67. The van der Waals surface area contributed by atoms with Crippen molar-refractivity contribution in [2.45, 2.75) is 76.4 Å². The van der Waals surface area contributed by atoms with Crippen molar-refractivity contribution in [2.75, 3.05) is 10.8 Å². The van der Waals surface area contributed by atoms with Gasteiger partial charge in [0, 0.05) is 17.6 Å². The molecular weight excluding hydrogens is 558 g/mol. The zero-order valence-electron chi connectivity index (χ0n) is 23.8. The number of amides is 2. The highest BCUT2D eigenvalue weighted by molar-refractivity contribution is 7.92. The van der Waals surface area contributed by atoms with Crippen LogP contribution in [0.1, 0.15) is 55.7 Å². The average molecular weight is 596 g/mol. The number of hydrogen-bond donors (Lipinski definition) is 1. The summed E-state index contributed by atoms with van der Waals surface area (Å²) in [6, 6.07) is 19.8. The number of anilines is 1. The van der Waals surface area contributed by atoms with Crippen LogP contribution in [0.3, 0.4) is 0 Å². The first-order valence-corrected chi connectivity index (χ1v) is 15.9. The molecule has 1 N–H and O–H groups in total. The second kappa shape index (κ2) is 13.5. The molecule has 0 bridgehead atoms. The first-order valence-electron chi connectivity index (χ1n) is 14.0. The minimum Gasteiger partial charge on any atom is -0.352 e. The van der Waals surface area contributed by atoms with Crippen molar-refractivity contribution in [3.05, 3.63) is 94.5 Å². The molecule has 7 nitrogen and oxygen atoms in total. The number of carbonyl (C=O) groups is 2. The Morgan fingerprint density at radius 2 is 1.59 bits per heavy atom. The van der Waals surface area contributed by atoms with E-state index in [2.05, 4.69) is 5.32 Å². The maximum Gasteiger partial charge on any atom is 0.264 e. The van der Waals surface area contributed by atoms with Gasteiger partial charge in [-0.25, -0.2) is 8.42 Å². The Hall–Kier alpha value is -3.36. The summed E-state index contributed by atoms with van der Waals surface area (Å²) in [4.78, 5) is 29.0. The Kier molecular flexibility index (Phi) is 10.1. The van der Waals surface area contributed by atoms with Crippen LogP contribution in [0.25, 0.3) is 0 Å². The zero-order chi connectivity index (χ0) is 29.6. The van der Waals surface area contributed by atoms with Crippen molar-refractivity contribution >= 4 is 39.1 Å². The van der Waals surface area contributed by atoms with Gasteiger partial charge in [0.25, 0.3) is 10.0 Å². The number of hydrogen-bond acceptors (Lipinski definition) is 4. The van der Waals surface area contributed by atoms with Crippen LogP contribution in [0, 0.1) is 13.8 Å².